The molecule has 1 aliphatic rings. The lowest BCUT2D eigenvalue weighted by molar-refractivity contribution is 0.103. The third-order valence-electron chi connectivity index (χ3n) is 7.00. The van der Waals surface area contributed by atoms with Crippen molar-refractivity contribution in [3.05, 3.63) is 92.1 Å². The van der Waals surface area contributed by atoms with E-state index in [0.717, 1.165) is 12.8 Å². The summed E-state index contributed by atoms with van der Waals surface area (Å²) in [6.45, 7) is 7.23. The molecule has 220 valence electrons. The average molecular weight is 622 g/mol. The van der Waals surface area contributed by atoms with E-state index in [1.165, 1.54) is 41.0 Å². The van der Waals surface area contributed by atoms with Crippen molar-refractivity contribution >= 4 is 39.6 Å². The Balaban J connectivity index is 1.99. The molecule has 1 fully saturated rings. The van der Waals surface area contributed by atoms with Gasteiger partial charge in [-0.2, -0.15) is 0 Å². The van der Waals surface area contributed by atoms with Crippen LogP contribution in [0.1, 0.15) is 79.7 Å². The fourth-order valence-electron chi connectivity index (χ4n) is 4.57. The number of pyridine rings is 1. The second-order valence-electron chi connectivity index (χ2n) is 11.2. The van der Waals surface area contributed by atoms with Gasteiger partial charge in [0.05, 0.1) is 15.7 Å². The van der Waals surface area contributed by atoms with Crippen molar-refractivity contribution in [3.8, 4) is 11.1 Å². The summed E-state index contributed by atoms with van der Waals surface area (Å²) in [5.41, 5.74) is 2.17. The lowest BCUT2D eigenvalue weighted by Gasteiger charge is -2.27. The maximum absolute atomic E-state index is 13.8. The Morgan fingerprint density at radius 3 is 2.27 bits per heavy atom. The number of rotatable bonds is 10. The second-order valence-corrected chi connectivity index (χ2v) is 14.4. The number of carbonyl (C=O) groups excluding carboxylic acids is 1. The number of aryl methyl sites for hydroxylation is 1. The number of halogens is 2. The molecule has 0 amide bonds. The van der Waals surface area contributed by atoms with Crippen LogP contribution in [-0.2, 0) is 29.3 Å². The normalized spacial score (nSPS) is 16.7. The van der Waals surface area contributed by atoms with Gasteiger partial charge in [-0.05, 0) is 99.5 Å². The highest BCUT2D eigenvalue weighted by Crippen LogP contribution is 2.45. The average Bonchev–Trinajstić information content (AvgIpc) is 3.73. The first-order valence-corrected chi connectivity index (χ1v) is 15.7. The Morgan fingerprint density at radius 1 is 1.07 bits per heavy atom. The van der Waals surface area contributed by atoms with Crippen LogP contribution in [0.25, 0.3) is 11.1 Å². The molecule has 0 bridgehead atoms. The molecule has 0 radical (unpaired) electrons. The number of nitrogens with one attached hydrogen (secondary N) is 2. The van der Waals surface area contributed by atoms with Crippen molar-refractivity contribution in [3.63, 3.8) is 0 Å². The molecular formula is C29H33ClFN3O5S2. The molecule has 2 aromatic carbocycles. The van der Waals surface area contributed by atoms with E-state index in [1.807, 2.05) is 20.8 Å². The fraction of sp³-hybridized carbons (Fsp3) is 0.379. The molecule has 41 heavy (non-hydrogen) atoms. The molecule has 8 nitrogen and oxygen atoms in total. The summed E-state index contributed by atoms with van der Waals surface area (Å²) in [7, 11) is 0.150. The van der Waals surface area contributed by atoms with Crippen molar-refractivity contribution < 1.29 is 22.2 Å². The predicted molar refractivity (Wildman–Crippen MR) is 161 cm³/mol. The summed E-state index contributed by atoms with van der Waals surface area (Å²) in [6.07, 6.45) is 3.39. The van der Waals surface area contributed by atoms with Crippen LogP contribution in [0.2, 0.25) is 5.02 Å². The van der Waals surface area contributed by atoms with Gasteiger partial charge in [0, 0.05) is 53.1 Å². The van der Waals surface area contributed by atoms with E-state index in [9.17, 15) is 27.0 Å². The van der Waals surface area contributed by atoms with Crippen molar-refractivity contribution in [2.75, 3.05) is 0 Å². The van der Waals surface area contributed by atoms with Gasteiger partial charge in [-0.15, -0.1) is 0 Å². The Hall–Kier alpha value is -2.54. The van der Waals surface area contributed by atoms with E-state index >= 15 is 0 Å². The van der Waals surface area contributed by atoms with E-state index in [2.05, 4.69) is 9.44 Å². The standard InChI is InChI=1S/C29H33ClFN3O5S2/c1-16(32-41(38)39)20-12-21(23(13-25(20)30)28(36)18-8-10-19(31)11-9-18)24-15-34(5)26(35)14-22(24)27(17-6-7-17)33-40(37)29(2,3)4/h8-17,27,32-33H,6-7H2,1-5H3,(H,38,39)/t16?,27-,40?/m0/s1. The van der Waals surface area contributed by atoms with Crippen LogP contribution in [0, 0.1) is 11.7 Å². The summed E-state index contributed by atoms with van der Waals surface area (Å²) in [5, 5.41) is 0.182. The maximum Gasteiger partial charge on any atom is 0.250 e. The van der Waals surface area contributed by atoms with Gasteiger partial charge in [-0.1, -0.05) is 11.6 Å². The van der Waals surface area contributed by atoms with Gasteiger partial charge < -0.3 is 4.57 Å². The van der Waals surface area contributed by atoms with Crippen LogP contribution in [0.4, 0.5) is 4.39 Å². The molecule has 1 aliphatic carbocycles. The van der Waals surface area contributed by atoms with Crippen LogP contribution in [0.5, 0.6) is 0 Å². The van der Waals surface area contributed by atoms with Crippen molar-refractivity contribution in [1.29, 1.82) is 0 Å². The van der Waals surface area contributed by atoms with Gasteiger partial charge >= 0.3 is 0 Å². The van der Waals surface area contributed by atoms with Crippen molar-refractivity contribution in [2.45, 2.75) is 57.4 Å². The van der Waals surface area contributed by atoms with E-state index in [-0.39, 0.29) is 27.6 Å². The summed E-state index contributed by atoms with van der Waals surface area (Å²) in [5.74, 6) is -0.779. The summed E-state index contributed by atoms with van der Waals surface area (Å²) >= 11 is 4.29. The minimum Gasteiger partial charge on any atom is -0.318 e. The Bertz CT molecular complexity index is 1580. The largest absolute Gasteiger partial charge is 0.318 e. The van der Waals surface area contributed by atoms with Gasteiger partial charge in [-0.3, -0.25) is 14.1 Å². The van der Waals surface area contributed by atoms with E-state index in [0.29, 0.717) is 22.3 Å². The predicted octanol–water partition coefficient (Wildman–Crippen LogP) is 5.37. The fourth-order valence-corrected chi connectivity index (χ4v) is 6.23. The number of hydrogen-bond acceptors (Lipinski definition) is 4. The first kappa shape index (κ1) is 31.4. The first-order chi connectivity index (χ1) is 19.2. The van der Waals surface area contributed by atoms with Crippen molar-refractivity contribution in [2.24, 2.45) is 13.0 Å². The molecule has 0 saturated heterocycles. The quantitative estimate of drug-likeness (QED) is 0.208. The lowest BCUT2D eigenvalue weighted by atomic mass is 9.87. The van der Waals surface area contributed by atoms with Crippen LogP contribution in [0.3, 0.4) is 0 Å². The highest BCUT2D eigenvalue weighted by atomic mass is 35.5. The van der Waals surface area contributed by atoms with Crippen LogP contribution in [0.15, 0.2) is 53.5 Å². The van der Waals surface area contributed by atoms with E-state index in [4.69, 9.17) is 11.6 Å². The highest BCUT2D eigenvalue weighted by molar-refractivity contribution is 7.84. The zero-order valence-corrected chi connectivity index (χ0v) is 25.8. The molecule has 12 heteroatoms. The molecule has 3 unspecified atom stereocenters. The first-order valence-electron chi connectivity index (χ1n) is 13.1. The van der Waals surface area contributed by atoms with Gasteiger partial charge in [-0.25, -0.2) is 22.3 Å². The monoisotopic (exact) mass is 621 g/mol. The Morgan fingerprint density at radius 2 is 1.71 bits per heavy atom. The smallest absolute Gasteiger partial charge is 0.250 e. The molecule has 3 aromatic rings. The number of nitrogens with zero attached hydrogens (tertiary/aromatic N) is 1. The van der Waals surface area contributed by atoms with Gasteiger partial charge in [0.1, 0.15) is 5.82 Å². The Kier molecular flexibility index (Phi) is 9.47. The summed E-state index contributed by atoms with van der Waals surface area (Å²) in [4.78, 5) is 26.8. The van der Waals surface area contributed by atoms with Crippen molar-refractivity contribution in [1.82, 2.24) is 14.0 Å². The zero-order chi connectivity index (χ0) is 30.2. The molecule has 4 atom stereocenters. The molecule has 0 spiro atoms. The van der Waals surface area contributed by atoms with Gasteiger partial charge in [0.25, 0.3) is 5.56 Å². The third kappa shape index (κ3) is 7.28. The Labute approximate surface area is 248 Å². The summed E-state index contributed by atoms with van der Waals surface area (Å²) in [6, 6.07) is 8.67. The highest BCUT2D eigenvalue weighted by Gasteiger charge is 2.37. The number of ketones is 1. The van der Waals surface area contributed by atoms with Gasteiger partial charge in [0.15, 0.2) is 5.78 Å². The topological polar surface area (TPSA) is 118 Å². The third-order valence-corrected chi connectivity index (χ3v) is 9.46. The molecule has 3 N–H and O–H groups in total. The van der Waals surface area contributed by atoms with E-state index in [1.54, 1.807) is 26.2 Å². The molecule has 4 rings (SSSR count). The summed E-state index contributed by atoms with van der Waals surface area (Å²) < 4.78 is 54.4. The molecule has 0 aliphatic heterocycles. The number of benzene rings is 2. The van der Waals surface area contributed by atoms with Gasteiger partial charge in [0.2, 0.25) is 11.3 Å². The lowest BCUT2D eigenvalue weighted by Crippen LogP contribution is -2.37. The number of aromatic nitrogens is 1. The zero-order valence-electron chi connectivity index (χ0n) is 23.4. The minimum absolute atomic E-state index is 0.132. The molecule has 1 heterocycles. The molecule has 1 aromatic heterocycles. The SMILES string of the molecule is CC(NS(=O)O)c1cc(-c2cn(C)c(=O)cc2[C@@H](NS(=O)C(C)(C)C)C2CC2)c(C(=O)c2ccc(F)cc2)cc1Cl. The minimum atomic E-state index is -2.33. The van der Waals surface area contributed by atoms with E-state index < -0.39 is 50.7 Å². The van der Waals surface area contributed by atoms with Crippen LogP contribution >= 0.6 is 11.6 Å². The number of hydrogen-bond donors (Lipinski definition) is 3. The van der Waals surface area contributed by atoms with Crippen LogP contribution in [-0.4, -0.2) is 28.1 Å². The second kappa shape index (κ2) is 12.4. The molecular weight excluding hydrogens is 589 g/mol. The molecule has 1 saturated carbocycles. The maximum atomic E-state index is 13.8. The van der Waals surface area contributed by atoms with Crippen LogP contribution < -0.4 is 15.0 Å². The number of carbonyl (C=O) groups is 1.